The number of benzene rings is 1. The van der Waals surface area contributed by atoms with Gasteiger partial charge < -0.3 is 15.1 Å². The fourth-order valence-corrected chi connectivity index (χ4v) is 4.08. The Labute approximate surface area is 174 Å². The first kappa shape index (κ1) is 20.2. The van der Waals surface area contributed by atoms with Gasteiger partial charge in [-0.15, -0.1) is 0 Å². The van der Waals surface area contributed by atoms with Gasteiger partial charge >= 0.3 is 6.18 Å². The largest absolute Gasteiger partial charge is 0.410 e. The van der Waals surface area contributed by atoms with Crippen molar-refractivity contribution < 1.29 is 18.0 Å². The lowest BCUT2D eigenvalue weighted by molar-refractivity contribution is -0.173. The zero-order valence-corrected chi connectivity index (χ0v) is 17.4. The third-order valence-corrected chi connectivity index (χ3v) is 6.06. The number of hydrogen-bond donors (Lipinski definition) is 1. The van der Waals surface area contributed by atoms with Gasteiger partial charge in [-0.3, -0.25) is 4.79 Å². The van der Waals surface area contributed by atoms with E-state index in [0.717, 1.165) is 27.8 Å². The van der Waals surface area contributed by atoms with Crippen molar-refractivity contribution >= 4 is 27.7 Å². The summed E-state index contributed by atoms with van der Waals surface area (Å²) >= 11 is 3.34. The Hall–Kier alpha value is -2.07. The summed E-state index contributed by atoms with van der Waals surface area (Å²) in [7, 11) is 1.97. The van der Waals surface area contributed by atoms with Crippen molar-refractivity contribution in [2.45, 2.75) is 24.7 Å². The van der Waals surface area contributed by atoms with Crippen LogP contribution in [0.25, 0.3) is 0 Å². The molecule has 4 rings (SSSR count). The number of nitrogens with zero attached hydrogens (tertiary/aromatic N) is 4. The molecule has 0 saturated carbocycles. The summed E-state index contributed by atoms with van der Waals surface area (Å²) in [5.41, 5.74) is 0.915. The molecule has 156 valence electrons. The van der Waals surface area contributed by atoms with Crippen LogP contribution in [0.2, 0.25) is 0 Å². The lowest BCUT2D eigenvalue weighted by Gasteiger charge is -2.35. The van der Waals surface area contributed by atoms with E-state index in [9.17, 15) is 18.0 Å². The molecular formula is C19H21BrF3N5O. The maximum absolute atomic E-state index is 13.8. The lowest BCUT2D eigenvalue weighted by atomic mass is 9.96. The molecule has 1 aromatic heterocycles. The number of halogens is 4. The highest BCUT2D eigenvalue weighted by Gasteiger charge is 2.47. The molecule has 2 aliphatic rings. The van der Waals surface area contributed by atoms with Crippen molar-refractivity contribution in [2.75, 3.05) is 38.5 Å². The first-order chi connectivity index (χ1) is 13.7. The summed E-state index contributed by atoms with van der Waals surface area (Å²) in [6.07, 6.45) is -3.40. The predicted molar refractivity (Wildman–Crippen MR) is 106 cm³/mol. The first-order valence-corrected chi connectivity index (χ1v) is 10.2. The van der Waals surface area contributed by atoms with Gasteiger partial charge in [0.2, 0.25) is 0 Å². The number of amides is 1. The highest BCUT2D eigenvalue weighted by molar-refractivity contribution is 9.10. The van der Waals surface area contributed by atoms with Crippen LogP contribution in [0.3, 0.4) is 0 Å². The Balaban J connectivity index is 1.68. The number of nitrogens with one attached hydrogen (secondary N) is 1. The van der Waals surface area contributed by atoms with Crippen molar-refractivity contribution in [3.8, 4) is 0 Å². The van der Waals surface area contributed by atoms with Crippen LogP contribution >= 0.6 is 15.9 Å². The van der Waals surface area contributed by atoms with Gasteiger partial charge in [-0.1, -0.05) is 28.1 Å². The molecule has 1 fully saturated rings. The number of piperazine rings is 1. The molecule has 10 heteroatoms. The second-order valence-corrected chi connectivity index (χ2v) is 8.40. The molecule has 6 nitrogen and oxygen atoms in total. The van der Waals surface area contributed by atoms with E-state index in [1.807, 2.05) is 7.05 Å². The highest BCUT2D eigenvalue weighted by Crippen LogP contribution is 2.44. The van der Waals surface area contributed by atoms with Crippen LogP contribution in [0.15, 0.2) is 34.9 Å². The molecule has 0 unspecified atom stereocenters. The Morgan fingerprint density at radius 2 is 1.83 bits per heavy atom. The number of aromatic nitrogens is 2. The third-order valence-electron chi connectivity index (χ3n) is 5.53. The zero-order chi connectivity index (χ0) is 20.8. The van der Waals surface area contributed by atoms with Gasteiger partial charge in [0.25, 0.3) is 5.91 Å². The number of hydrogen-bond acceptors (Lipinski definition) is 4. The Morgan fingerprint density at radius 1 is 1.17 bits per heavy atom. The zero-order valence-electron chi connectivity index (χ0n) is 15.8. The molecule has 2 aromatic rings. The molecule has 0 radical (unpaired) electrons. The van der Waals surface area contributed by atoms with E-state index < -0.39 is 18.3 Å². The SMILES string of the molecule is CN1CCN(C(=O)c2cnn3c2N[C@@H](c2ccc(Br)cc2)C[C@@H]3C(F)(F)F)CC1. The van der Waals surface area contributed by atoms with Crippen LogP contribution in [0.1, 0.15) is 34.4 Å². The molecule has 3 heterocycles. The van der Waals surface area contributed by atoms with Gasteiger partial charge in [-0.2, -0.15) is 18.3 Å². The summed E-state index contributed by atoms with van der Waals surface area (Å²) < 4.78 is 43.1. The summed E-state index contributed by atoms with van der Waals surface area (Å²) in [4.78, 5) is 16.8. The monoisotopic (exact) mass is 471 g/mol. The minimum atomic E-state index is -4.47. The normalized spacial score (nSPS) is 22.9. The average Bonchev–Trinajstić information content (AvgIpc) is 3.11. The van der Waals surface area contributed by atoms with Gasteiger partial charge in [0.05, 0.1) is 12.2 Å². The number of anilines is 1. The Kier molecular flexibility index (Phi) is 5.32. The molecular weight excluding hydrogens is 451 g/mol. The van der Waals surface area contributed by atoms with Crippen LogP contribution in [-0.4, -0.2) is 64.9 Å². The maximum Gasteiger partial charge on any atom is 0.410 e. The standard InChI is InChI=1S/C19H21BrF3N5O/c1-26-6-8-27(9-7-26)18(29)14-11-24-28-16(19(21,22)23)10-15(25-17(14)28)12-2-4-13(20)5-3-12/h2-5,11,15-16,25H,6-10H2,1H3/t15-,16-/m1/s1. The van der Waals surface area contributed by atoms with Crippen molar-refractivity contribution in [1.29, 1.82) is 0 Å². The van der Waals surface area contributed by atoms with Crippen LogP contribution in [-0.2, 0) is 0 Å². The Morgan fingerprint density at radius 3 is 2.45 bits per heavy atom. The van der Waals surface area contributed by atoms with E-state index in [1.165, 1.54) is 6.20 Å². The van der Waals surface area contributed by atoms with E-state index in [0.29, 0.717) is 13.1 Å². The molecule has 2 atom stereocenters. The minimum absolute atomic E-state index is 0.135. The summed E-state index contributed by atoms with van der Waals surface area (Å²) in [6.45, 7) is 2.54. The topological polar surface area (TPSA) is 53.4 Å². The molecule has 1 aromatic carbocycles. The minimum Gasteiger partial charge on any atom is -0.363 e. The van der Waals surface area contributed by atoms with Gasteiger partial charge in [-0.25, -0.2) is 4.68 Å². The molecule has 0 spiro atoms. The molecule has 2 aliphatic heterocycles. The van der Waals surface area contributed by atoms with E-state index in [-0.39, 0.29) is 23.7 Å². The maximum atomic E-state index is 13.8. The molecule has 29 heavy (non-hydrogen) atoms. The summed E-state index contributed by atoms with van der Waals surface area (Å²) in [6, 6.07) is 4.79. The van der Waals surface area contributed by atoms with Crippen molar-refractivity contribution in [1.82, 2.24) is 19.6 Å². The van der Waals surface area contributed by atoms with Crippen LogP contribution in [0.5, 0.6) is 0 Å². The predicted octanol–water partition coefficient (Wildman–Crippen LogP) is 3.69. The number of fused-ring (bicyclic) bond motifs is 1. The fraction of sp³-hybridized carbons (Fsp3) is 0.474. The van der Waals surface area contributed by atoms with Crippen molar-refractivity contribution in [3.05, 3.63) is 46.1 Å². The van der Waals surface area contributed by atoms with Gasteiger partial charge in [-0.05, 0) is 24.7 Å². The molecule has 1 saturated heterocycles. The smallest absolute Gasteiger partial charge is 0.363 e. The van der Waals surface area contributed by atoms with E-state index >= 15 is 0 Å². The van der Waals surface area contributed by atoms with E-state index in [1.54, 1.807) is 29.2 Å². The first-order valence-electron chi connectivity index (χ1n) is 9.38. The molecule has 1 N–H and O–H groups in total. The second-order valence-electron chi connectivity index (χ2n) is 7.49. The second kappa shape index (κ2) is 7.64. The van der Waals surface area contributed by atoms with Crippen LogP contribution < -0.4 is 5.32 Å². The highest BCUT2D eigenvalue weighted by atomic mass is 79.9. The quantitative estimate of drug-likeness (QED) is 0.725. The number of carbonyl (C=O) groups is 1. The number of likely N-dealkylation sites (N-methyl/N-ethyl adjacent to an activating group) is 1. The third kappa shape index (κ3) is 4.00. The molecule has 0 bridgehead atoms. The molecule has 1 amide bonds. The molecule has 0 aliphatic carbocycles. The van der Waals surface area contributed by atoms with E-state index in [4.69, 9.17) is 0 Å². The van der Waals surface area contributed by atoms with E-state index in [2.05, 4.69) is 31.2 Å². The van der Waals surface area contributed by atoms with Gasteiger partial charge in [0, 0.05) is 37.1 Å². The number of carbonyl (C=O) groups excluding carboxylic acids is 1. The van der Waals surface area contributed by atoms with Crippen molar-refractivity contribution in [3.63, 3.8) is 0 Å². The number of rotatable bonds is 2. The average molecular weight is 472 g/mol. The Bertz CT molecular complexity index is 890. The van der Waals surface area contributed by atoms with Crippen LogP contribution in [0, 0.1) is 0 Å². The summed E-state index contributed by atoms with van der Waals surface area (Å²) in [5.74, 6) is -0.153. The summed E-state index contributed by atoms with van der Waals surface area (Å²) in [5, 5.41) is 7.09. The van der Waals surface area contributed by atoms with Crippen molar-refractivity contribution in [2.24, 2.45) is 0 Å². The van der Waals surface area contributed by atoms with Crippen LogP contribution in [0.4, 0.5) is 19.0 Å². The van der Waals surface area contributed by atoms with Gasteiger partial charge in [0.1, 0.15) is 11.4 Å². The fourth-order valence-electron chi connectivity index (χ4n) is 3.81. The number of alkyl halides is 3. The lowest BCUT2D eigenvalue weighted by Crippen LogP contribution is -2.47. The van der Waals surface area contributed by atoms with Gasteiger partial charge in [0.15, 0.2) is 6.04 Å².